The number of amides is 2. The van der Waals surface area contributed by atoms with Gasteiger partial charge in [-0.05, 0) is 41.8 Å². The minimum atomic E-state index is -1.44. The average molecular weight is 451 g/mol. The van der Waals surface area contributed by atoms with Gasteiger partial charge >= 0.3 is 0 Å². The average Bonchev–Trinajstić information content (AvgIpc) is 3.17. The molecule has 0 saturated carbocycles. The van der Waals surface area contributed by atoms with E-state index in [1.165, 1.54) is 11.9 Å². The number of carbonyl (C=O) groups excluding carboxylic acids is 2. The third-order valence-electron chi connectivity index (χ3n) is 5.91. The van der Waals surface area contributed by atoms with E-state index < -0.39 is 5.60 Å². The first-order chi connectivity index (χ1) is 15.3. The van der Waals surface area contributed by atoms with E-state index in [1.807, 2.05) is 36.4 Å². The van der Waals surface area contributed by atoms with Crippen LogP contribution in [0, 0.1) is 11.3 Å². The Bertz CT molecular complexity index is 1230. The van der Waals surface area contributed by atoms with Gasteiger partial charge < -0.3 is 20.3 Å². The van der Waals surface area contributed by atoms with Crippen molar-refractivity contribution in [3.05, 3.63) is 70.4 Å². The van der Waals surface area contributed by atoms with Crippen molar-refractivity contribution in [1.29, 1.82) is 5.26 Å². The number of aliphatic hydroxyl groups is 1. The summed E-state index contributed by atoms with van der Waals surface area (Å²) in [6.45, 7) is -0.0544. The van der Waals surface area contributed by atoms with Crippen molar-refractivity contribution in [3.63, 3.8) is 0 Å². The fraction of sp³-hybridized carbons (Fsp3) is 0.292. The first-order valence-corrected chi connectivity index (χ1v) is 10.7. The second-order valence-corrected chi connectivity index (χ2v) is 8.70. The number of hydrogen-bond acceptors (Lipinski definition) is 4. The lowest BCUT2D eigenvalue weighted by molar-refractivity contribution is -0.136. The standard InChI is InChI=1S/C24H23ClN4O3/c1-29(9-8-26)22(30)14-24(32)13-18(11-15-4-2-3-5-19(15)24)27-23(31)21-12-16-10-17(25)6-7-20(16)28-21/h2-7,10,12,18,28,32H,9,11,13-14H2,1H3,(H,27,31)/t18?,24-/m0/s1. The van der Waals surface area contributed by atoms with Gasteiger partial charge in [0, 0.05) is 35.4 Å². The van der Waals surface area contributed by atoms with Gasteiger partial charge in [0.1, 0.15) is 17.8 Å². The van der Waals surface area contributed by atoms with Crippen molar-refractivity contribution < 1.29 is 14.7 Å². The maximum Gasteiger partial charge on any atom is 0.267 e. The van der Waals surface area contributed by atoms with Crippen LogP contribution in [0.25, 0.3) is 10.9 Å². The molecule has 3 N–H and O–H groups in total. The molecule has 1 unspecified atom stereocenters. The van der Waals surface area contributed by atoms with E-state index in [1.54, 1.807) is 18.2 Å². The van der Waals surface area contributed by atoms with E-state index >= 15 is 0 Å². The van der Waals surface area contributed by atoms with Gasteiger partial charge in [-0.1, -0.05) is 35.9 Å². The number of nitriles is 1. The lowest BCUT2D eigenvalue weighted by Crippen LogP contribution is -2.48. The molecule has 32 heavy (non-hydrogen) atoms. The molecular weight excluding hydrogens is 428 g/mol. The van der Waals surface area contributed by atoms with Gasteiger partial charge in [-0.15, -0.1) is 0 Å². The fourth-order valence-electron chi connectivity index (χ4n) is 4.35. The quantitative estimate of drug-likeness (QED) is 0.519. The van der Waals surface area contributed by atoms with Gasteiger partial charge in [0.25, 0.3) is 5.91 Å². The number of carbonyl (C=O) groups is 2. The van der Waals surface area contributed by atoms with Gasteiger partial charge in [-0.3, -0.25) is 9.59 Å². The fourth-order valence-corrected chi connectivity index (χ4v) is 4.53. The molecule has 1 heterocycles. The zero-order valence-corrected chi connectivity index (χ0v) is 18.3. The second-order valence-electron chi connectivity index (χ2n) is 8.27. The summed E-state index contributed by atoms with van der Waals surface area (Å²) in [7, 11) is 1.53. The Hall–Kier alpha value is -3.34. The second kappa shape index (κ2) is 8.65. The topological polar surface area (TPSA) is 109 Å². The van der Waals surface area contributed by atoms with E-state index in [-0.39, 0.29) is 37.2 Å². The number of halogens is 1. The zero-order chi connectivity index (χ0) is 22.9. The summed E-state index contributed by atoms with van der Waals surface area (Å²) in [5, 5.41) is 24.8. The van der Waals surface area contributed by atoms with Gasteiger partial charge in [-0.25, -0.2) is 0 Å². The maximum absolute atomic E-state index is 12.9. The summed E-state index contributed by atoms with van der Waals surface area (Å²) in [4.78, 5) is 29.9. The van der Waals surface area contributed by atoms with Crippen molar-refractivity contribution in [1.82, 2.24) is 15.2 Å². The lowest BCUT2D eigenvalue weighted by atomic mass is 9.74. The molecule has 2 amide bonds. The summed E-state index contributed by atoms with van der Waals surface area (Å²) in [6.07, 6.45) is 0.561. The number of fused-ring (bicyclic) bond motifs is 2. The number of aromatic nitrogens is 1. The minimum absolute atomic E-state index is 0.0544. The molecule has 2 atom stereocenters. The van der Waals surface area contributed by atoms with Crippen LogP contribution in [-0.4, -0.2) is 46.4 Å². The number of H-pyrrole nitrogens is 1. The molecule has 0 aliphatic heterocycles. The number of rotatable bonds is 5. The lowest BCUT2D eigenvalue weighted by Gasteiger charge is -2.39. The molecule has 7 nitrogen and oxygen atoms in total. The SMILES string of the molecule is CN(CC#N)C(=O)C[C@@]1(O)CC(NC(=O)c2cc3cc(Cl)ccc3[nH]2)Cc2ccccc21. The van der Waals surface area contributed by atoms with Crippen molar-refractivity contribution in [3.8, 4) is 6.07 Å². The number of nitrogens with zero attached hydrogens (tertiary/aromatic N) is 2. The van der Waals surface area contributed by atoms with Crippen LogP contribution in [0.2, 0.25) is 5.02 Å². The van der Waals surface area contributed by atoms with Crippen LogP contribution in [0.1, 0.15) is 34.5 Å². The predicted octanol–water partition coefficient (Wildman–Crippen LogP) is 3.13. The van der Waals surface area contributed by atoms with Crippen molar-refractivity contribution >= 4 is 34.3 Å². The monoisotopic (exact) mass is 450 g/mol. The molecule has 0 fully saturated rings. The van der Waals surface area contributed by atoms with E-state index in [0.717, 1.165) is 16.5 Å². The number of nitrogens with one attached hydrogen (secondary N) is 2. The first-order valence-electron chi connectivity index (χ1n) is 10.3. The Morgan fingerprint density at radius 1 is 1.31 bits per heavy atom. The van der Waals surface area contributed by atoms with Crippen LogP contribution in [0.3, 0.4) is 0 Å². The highest BCUT2D eigenvalue weighted by Gasteiger charge is 2.41. The van der Waals surface area contributed by atoms with Crippen molar-refractivity contribution in [2.24, 2.45) is 0 Å². The van der Waals surface area contributed by atoms with Gasteiger partial charge in [-0.2, -0.15) is 5.26 Å². The van der Waals surface area contributed by atoms with Crippen LogP contribution < -0.4 is 5.32 Å². The summed E-state index contributed by atoms with van der Waals surface area (Å²) in [5.74, 6) is -0.625. The highest BCUT2D eigenvalue weighted by atomic mass is 35.5. The van der Waals surface area contributed by atoms with Crippen LogP contribution in [0.15, 0.2) is 48.5 Å². The zero-order valence-electron chi connectivity index (χ0n) is 17.6. The molecular formula is C24H23ClN4O3. The van der Waals surface area contributed by atoms with Crippen LogP contribution in [-0.2, 0) is 16.8 Å². The number of hydrogen-bond donors (Lipinski definition) is 3. The highest BCUT2D eigenvalue weighted by molar-refractivity contribution is 6.31. The Morgan fingerprint density at radius 3 is 2.88 bits per heavy atom. The molecule has 2 aromatic carbocycles. The smallest absolute Gasteiger partial charge is 0.267 e. The summed E-state index contributed by atoms with van der Waals surface area (Å²) in [5.41, 5.74) is 1.32. The molecule has 1 aliphatic rings. The van der Waals surface area contributed by atoms with Gasteiger partial charge in [0.2, 0.25) is 5.91 Å². The Labute approximate surface area is 190 Å². The molecule has 8 heteroatoms. The Balaban J connectivity index is 1.56. The highest BCUT2D eigenvalue weighted by Crippen LogP contribution is 2.38. The largest absolute Gasteiger partial charge is 0.385 e. The van der Waals surface area contributed by atoms with Crippen LogP contribution in [0.4, 0.5) is 0 Å². The molecule has 0 saturated heterocycles. The van der Waals surface area contributed by atoms with Gasteiger partial charge in [0.15, 0.2) is 0 Å². The van der Waals surface area contributed by atoms with E-state index in [9.17, 15) is 14.7 Å². The summed E-state index contributed by atoms with van der Waals surface area (Å²) < 4.78 is 0. The maximum atomic E-state index is 12.9. The molecule has 1 aliphatic carbocycles. The number of aromatic amines is 1. The molecule has 0 radical (unpaired) electrons. The molecule has 0 spiro atoms. The van der Waals surface area contributed by atoms with E-state index in [4.69, 9.17) is 16.9 Å². The summed E-state index contributed by atoms with van der Waals surface area (Å²) >= 11 is 6.03. The Kier molecular flexibility index (Phi) is 5.92. The van der Waals surface area contributed by atoms with Crippen LogP contribution in [0.5, 0.6) is 0 Å². The molecule has 1 aromatic heterocycles. The van der Waals surface area contributed by atoms with Crippen LogP contribution >= 0.6 is 11.6 Å². The third-order valence-corrected chi connectivity index (χ3v) is 6.14. The third kappa shape index (κ3) is 4.33. The normalized spacial score (nSPS) is 19.8. The Morgan fingerprint density at radius 2 is 2.09 bits per heavy atom. The van der Waals surface area contributed by atoms with E-state index in [0.29, 0.717) is 22.7 Å². The van der Waals surface area contributed by atoms with Gasteiger partial charge in [0.05, 0.1) is 12.5 Å². The molecule has 3 aromatic rings. The number of benzene rings is 2. The molecule has 4 rings (SSSR count). The van der Waals surface area contributed by atoms with Crippen molar-refractivity contribution in [2.45, 2.75) is 30.9 Å². The first kappa shape index (κ1) is 21.9. The summed E-state index contributed by atoms with van der Waals surface area (Å²) in [6, 6.07) is 16.0. The minimum Gasteiger partial charge on any atom is -0.385 e. The molecule has 0 bridgehead atoms. The molecule has 164 valence electrons. The van der Waals surface area contributed by atoms with E-state index in [2.05, 4.69) is 10.3 Å². The van der Waals surface area contributed by atoms with Crippen molar-refractivity contribution in [2.75, 3.05) is 13.6 Å². The predicted molar refractivity (Wildman–Crippen MR) is 121 cm³/mol.